The third-order valence-corrected chi connectivity index (χ3v) is 3.97. The van der Waals surface area contributed by atoms with Crippen molar-refractivity contribution >= 4 is 23.8 Å². The van der Waals surface area contributed by atoms with Gasteiger partial charge in [0.25, 0.3) is 0 Å². The summed E-state index contributed by atoms with van der Waals surface area (Å²) in [4.78, 5) is 46.3. The summed E-state index contributed by atoms with van der Waals surface area (Å²) in [5.41, 5.74) is -0.471. The zero-order valence-electron chi connectivity index (χ0n) is 16.9. The maximum absolute atomic E-state index is 11.8. The molecule has 0 bridgehead atoms. The Balaban J connectivity index is 3.36. The van der Waals surface area contributed by atoms with Crippen molar-refractivity contribution in [2.45, 2.75) is 78.9 Å². The number of hydrogen-bond donors (Lipinski definition) is 1. The molecule has 0 aromatic rings. The molecule has 1 heterocycles. The highest BCUT2D eigenvalue weighted by Gasteiger charge is 2.53. The van der Waals surface area contributed by atoms with Crippen LogP contribution in [0.1, 0.15) is 48.5 Å². The fourth-order valence-electron chi connectivity index (χ4n) is 3.07. The lowest BCUT2D eigenvalue weighted by molar-refractivity contribution is -0.237. The van der Waals surface area contributed by atoms with Gasteiger partial charge in [0.05, 0.1) is 12.1 Å². The van der Waals surface area contributed by atoms with Crippen LogP contribution in [0.2, 0.25) is 0 Å². The maximum Gasteiger partial charge on any atom is 0.303 e. The summed E-state index contributed by atoms with van der Waals surface area (Å²) in [5, 5.41) is 2.74. The van der Waals surface area contributed by atoms with Crippen molar-refractivity contribution in [3.05, 3.63) is 0 Å². The molecule has 154 valence electrons. The van der Waals surface area contributed by atoms with E-state index >= 15 is 0 Å². The molecular weight excluding hydrogens is 358 g/mol. The Labute approximate surface area is 159 Å². The average molecular weight is 387 g/mol. The summed E-state index contributed by atoms with van der Waals surface area (Å²) in [7, 11) is 0. The number of carbonyl (C=O) groups is 4. The van der Waals surface area contributed by atoms with E-state index in [1.165, 1.54) is 27.7 Å². The largest absolute Gasteiger partial charge is 0.463 e. The van der Waals surface area contributed by atoms with E-state index in [4.69, 9.17) is 18.9 Å². The molecule has 1 fully saturated rings. The first kappa shape index (κ1) is 22.9. The van der Waals surface area contributed by atoms with Gasteiger partial charge in [-0.05, 0) is 5.41 Å². The molecule has 9 heteroatoms. The van der Waals surface area contributed by atoms with Crippen LogP contribution >= 0.6 is 0 Å². The summed E-state index contributed by atoms with van der Waals surface area (Å²) in [6, 6.07) is -0.760. The molecule has 5 atom stereocenters. The highest BCUT2D eigenvalue weighted by molar-refractivity contribution is 5.73. The quantitative estimate of drug-likeness (QED) is 0.542. The van der Waals surface area contributed by atoms with E-state index in [1.807, 2.05) is 20.8 Å². The van der Waals surface area contributed by atoms with Crippen molar-refractivity contribution in [1.29, 1.82) is 0 Å². The molecule has 1 aliphatic rings. The van der Waals surface area contributed by atoms with E-state index in [1.54, 1.807) is 0 Å². The van der Waals surface area contributed by atoms with Crippen LogP contribution in [0.15, 0.2) is 0 Å². The van der Waals surface area contributed by atoms with E-state index in [-0.39, 0.29) is 12.5 Å². The average Bonchev–Trinajstić information content (AvgIpc) is 2.46. The zero-order chi connectivity index (χ0) is 20.9. The number of amides is 1. The minimum atomic E-state index is -1.05. The smallest absolute Gasteiger partial charge is 0.303 e. The fraction of sp³-hybridized carbons (Fsp3) is 0.778. The van der Waals surface area contributed by atoms with Gasteiger partial charge in [0.1, 0.15) is 12.7 Å². The minimum Gasteiger partial charge on any atom is -0.463 e. The summed E-state index contributed by atoms with van der Waals surface area (Å²) in [6.45, 7) is 10.5. The standard InChI is InChI=1S/C18H29NO8/c1-9(20)19-14-16(26-12(4)23)15(25-11(3)22)13(8-24-10(2)21)27-17(14)18(5,6)7/h13-17H,8H2,1-7H3,(H,19,20)/t13-,14-,15-,16-,17-/m1/s1. The Hall–Kier alpha value is -2.16. The summed E-state index contributed by atoms with van der Waals surface area (Å²) in [5.74, 6) is -2.10. The SMILES string of the molecule is CC(=O)N[C@@H]1[C@@H](OC(C)=O)[C@H](OC(C)=O)[C@@H](COC(C)=O)O[C@H]1C(C)(C)C. The van der Waals surface area contributed by atoms with Gasteiger partial charge in [-0.3, -0.25) is 19.2 Å². The van der Waals surface area contributed by atoms with Gasteiger partial charge in [-0.2, -0.15) is 0 Å². The molecule has 0 aliphatic carbocycles. The van der Waals surface area contributed by atoms with Crippen LogP contribution in [0.4, 0.5) is 0 Å². The van der Waals surface area contributed by atoms with E-state index in [0.29, 0.717) is 0 Å². The Morgan fingerprint density at radius 2 is 1.41 bits per heavy atom. The Morgan fingerprint density at radius 3 is 1.81 bits per heavy atom. The number of ether oxygens (including phenoxy) is 4. The monoisotopic (exact) mass is 387 g/mol. The van der Waals surface area contributed by atoms with Gasteiger partial charge < -0.3 is 24.3 Å². The summed E-state index contributed by atoms with van der Waals surface area (Å²) < 4.78 is 21.9. The third-order valence-electron chi connectivity index (χ3n) is 3.97. The van der Waals surface area contributed by atoms with Crippen LogP contribution in [0.3, 0.4) is 0 Å². The molecule has 0 spiro atoms. The number of hydrogen-bond acceptors (Lipinski definition) is 8. The van der Waals surface area contributed by atoms with Crippen LogP contribution in [0.5, 0.6) is 0 Å². The Bertz CT molecular complexity index is 582. The molecular formula is C18H29NO8. The van der Waals surface area contributed by atoms with Crippen LogP contribution in [-0.2, 0) is 38.1 Å². The third kappa shape index (κ3) is 6.82. The number of nitrogens with one attached hydrogen (secondary N) is 1. The predicted octanol–water partition coefficient (Wildman–Crippen LogP) is 0.731. The first-order chi connectivity index (χ1) is 12.3. The molecule has 0 unspecified atom stereocenters. The molecule has 0 radical (unpaired) electrons. The summed E-state index contributed by atoms with van der Waals surface area (Å²) in [6.07, 6.45) is -3.52. The first-order valence-corrected chi connectivity index (χ1v) is 8.73. The second-order valence-corrected chi connectivity index (χ2v) is 7.64. The maximum atomic E-state index is 11.8. The molecule has 0 aromatic heterocycles. The highest BCUT2D eigenvalue weighted by Crippen LogP contribution is 2.35. The van der Waals surface area contributed by atoms with Gasteiger partial charge in [-0.1, -0.05) is 20.8 Å². The second kappa shape index (κ2) is 9.16. The molecule has 9 nitrogen and oxygen atoms in total. The number of rotatable bonds is 5. The van der Waals surface area contributed by atoms with Gasteiger partial charge in [-0.25, -0.2) is 0 Å². The van der Waals surface area contributed by atoms with Crippen LogP contribution < -0.4 is 5.32 Å². The lowest BCUT2D eigenvalue weighted by atomic mass is 9.78. The molecule has 1 aliphatic heterocycles. The van der Waals surface area contributed by atoms with E-state index < -0.39 is 53.8 Å². The molecule has 1 rings (SSSR count). The van der Waals surface area contributed by atoms with Crippen molar-refractivity contribution in [3.63, 3.8) is 0 Å². The van der Waals surface area contributed by atoms with Crippen LogP contribution in [-0.4, -0.2) is 60.9 Å². The van der Waals surface area contributed by atoms with Crippen molar-refractivity contribution in [3.8, 4) is 0 Å². The topological polar surface area (TPSA) is 117 Å². The van der Waals surface area contributed by atoms with Crippen molar-refractivity contribution in [2.75, 3.05) is 6.61 Å². The molecule has 1 N–H and O–H groups in total. The van der Waals surface area contributed by atoms with Gasteiger partial charge in [0.2, 0.25) is 5.91 Å². The zero-order valence-corrected chi connectivity index (χ0v) is 16.9. The molecule has 27 heavy (non-hydrogen) atoms. The Morgan fingerprint density at radius 1 is 0.889 bits per heavy atom. The van der Waals surface area contributed by atoms with E-state index in [0.717, 1.165) is 0 Å². The highest BCUT2D eigenvalue weighted by atomic mass is 16.6. The van der Waals surface area contributed by atoms with E-state index in [2.05, 4.69) is 5.32 Å². The van der Waals surface area contributed by atoms with Crippen molar-refractivity contribution in [1.82, 2.24) is 5.32 Å². The Kier molecular flexibility index (Phi) is 7.77. The fourth-order valence-corrected chi connectivity index (χ4v) is 3.07. The van der Waals surface area contributed by atoms with Crippen molar-refractivity contribution in [2.24, 2.45) is 5.41 Å². The molecule has 0 aromatic carbocycles. The van der Waals surface area contributed by atoms with Gasteiger partial charge in [0.15, 0.2) is 12.2 Å². The predicted molar refractivity (Wildman–Crippen MR) is 93.5 cm³/mol. The normalized spacial score (nSPS) is 28.0. The minimum absolute atomic E-state index is 0.190. The first-order valence-electron chi connectivity index (χ1n) is 8.73. The number of esters is 3. The molecule has 1 amide bonds. The van der Waals surface area contributed by atoms with Crippen molar-refractivity contribution < 1.29 is 38.1 Å². The molecule has 1 saturated heterocycles. The van der Waals surface area contributed by atoms with Gasteiger partial charge in [-0.15, -0.1) is 0 Å². The molecule has 0 saturated carbocycles. The van der Waals surface area contributed by atoms with Crippen LogP contribution in [0, 0.1) is 5.41 Å². The van der Waals surface area contributed by atoms with Gasteiger partial charge in [0, 0.05) is 27.7 Å². The lowest BCUT2D eigenvalue weighted by Crippen LogP contribution is -2.68. The van der Waals surface area contributed by atoms with E-state index in [9.17, 15) is 19.2 Å². The van der Waals surface area contributed by atoms with Crippen LogP contribution in [0.25, 0.3) is 0 Å². The lowest BCUT2D eigenvalue weighted by Gasteiger charge is -2.49. The van der Waals surface area contributed by atoms with Gasteiger partial charge >= 0.3 is 17.9 Å². The summed E-state index contributed by atoms with van der Waals surface area (Å²) >= 11 is 0. The second-order valence-electron chi connectivity index (χ2n) is 7.64. The number of carbonyl (C=O) groups excluding carboxylic acids is 4.